The minimum Gasteiger partial charge on any atom is -0.355 e. The summed E-state index contributed by atoms with van der Waals surface area (Å²) in [4.78, 5) is 12.6. The van der Waals surface area contributed by atoms with E-state index in [0.29, 0.717) is 24.6 Å². The molecule has 1 atom stereocenters. The molecule has 1 unspecified atom stereocenters. The summed E-state index contributed by atoms with van der Waals surface area (Å²) in [6, 6.07) is 6.41. The van der Waals surface area contributed by atoms with Crippen molar-refractivity contribution in [1.82, 2.24) is 5.32 Å². The summed E-state index contributed by atoms with van der Waals surface area (Å²) in [5.41, 5.74) is 5.91. The van der Waals surface area contributed by atoms with Crippen molar-refractivity contribution in [3.05, 3.63) is 30.1 Å². The lowest BCUT2D eigenvalue weighted by molar-refractivity contribution is -0.120. The second-order valence-corrected chi connectivity index (χ2v) is 6.03. The van der Waals surface area contributed by atoms with Crippen LogP contribution in [0.2, 0.25) is 0 Å². The summed E-state index contributed by atoms with van der Waals surface area (Å²) in [5.74, 6) is 1.09. The van der Waals surface area contributed by atoms with Crippen molar-refractivity contribution >= 4 is 17.7 Å². The number of hydrogen-bond acceptors (Lipinski definition) is 3. The van der Waals surface area contributed by atoms with E-state index >= 15 is 0 Å². The fraction of sp³-hybridized carbons (Fsp3) is 0.500. The number of rotatable bonds is 7. The van der Waals surface area contributed by atoms with Gasteiger partial charge in [-0.1, -0.05) is 0 Å². The molecule has 3 nitrogen and oxygen atoms in total. The van der Waals surface area contributed by atoms with Gasteiger partial charge in [0.05, 0.1) is 0 Å². The molecule has 1 saturated carbocycles. The zero-order valence-corrected chi connectivity index (χ0v) is 11.6. The molecule has 0 aromatic heterocycles. The van der Waals surface area contributed by atoms with Crippen molar-refractivity contribution in [2.45, 2.75) is 30.2 Å². The van der Waals surface area contributed by atoms with E-state index in [1.807, 2.05) is 0 Å². The van der Waals surface area contributed by atoms with E-state index in [4.69, 9.17) is 5.73 Å². The van der Waals surface area contributed by atoms with Gasteiger partial charge in [0.2, 0.25) is 5.91 Å². The molecule has 19 heavy (non-hydrogen) atoms. The normalized spacial score (nSPS) is 16.1. The van der Waals surface area contributed by atoms with E-state index < -0.39 is 0 Å². The monoisotopic (exact) mass is 282 g/mol. The predicted octanol–water partition coefficient (Wildman–Crippen LogP) is 2.16. The van der Waals surface area contributed by atoms with Crippen LogP contribution in [0.25, 0.3) is 0 Å². The highest BCUT2D eigenvalue weighted by Gasteiger charge is 2.28. The third-order valence-electron chi connectivity index (χ3n) is 3.17. The standard InChI is InChI=1S/C14H19FN2OS/c15-11-3-5-12(6-4-11)19-8-7-14(18)17-9-13(16)10-1-2-10/h3-6,10,13H,1-2,7-9,16H2,(H,17,18). The fourth-order valence-electron chi connectivity index (χ4n) is 1.80. The number of halogens is 1. The maximum atomic E-state index is 12.7. The molecule has 1 aliphatic rings. The van der Waals surface area contributed by atoms with Crippen LogP contribution in [0.1, 0.15) is 19.3 Å². The molecule has 1 aliphatic carbocycles. The second kappa shape index (κ2) is 6.91. The van der Waals surface area contributed by atoms with Crippen LogP contribution >= 0.6 is 11.8 Å². The summed E-state index contributed by atoms with van der Waals surface area (Å²) in [7, 11) is 0. The Labute approximate surface area is 117 Å². The Morgan fingerprint density at radius 1 is 1.42 bits per heavy atom. The molecule has 0 heterocycles. The zero-order valence-electron chi connectivity index (χ0n) is 10.8. The van der Waals surface area contributed by atoms with Gasteiger partial charge in [0, 0.05) is 29.7 Å². The van der Waals surface area contributed by atoms with Crippen molar-refractivity contribution in [2.24, 2.45) is 11.7 Å². The van der Waals surface area contributed by atoms with E-state index in [1.54, 1.807) is 23.9 Å². The van der Waals surface area contributed by atoms with Crippen molar-refractivity contribution in [3.63, 3.8) is 0 Å². The summed E-state index contributed by atoms with van der Waals surface area (Å²) < 4.78 is 12.7. The van der Waals surface area contributed by atoms with Gasteiger partial charge in [0.25, 0.3) is 0 Å². The minimum atomic E-state index is -0.240. The molecule has 1 amide bonds. The van der Waals surface area contributed by atoms with E-state index in [0.717, 1.165) is 4.90 Å². The lowest BCUT2D eigenvalue weighted by Crippen LogP contribution is -2.38. The van der Waals surface area contributed by atoms with Crippen molar-refractivity contribution in [1.29, 1.82) is 0 Å². The molecule has 3 N–H and O–H groups in total. The molecular formula is C14H19FN2OS. The highest BCUT2D eigenvalue weighted by molar-refractivity contribution is 7.99. The lowest BCUT2D eigenvalue weighted by atomic mass is 10.2. The van der Waals surface area contributed by atoms with Gasteiger partial charge >= 0.3 is 0 Å². The van der Waals surface area contributed by atoms with Crippen molar-refractivity contribution < 1.29 is 9.18 Å². The molecule has 1 aromatic rings. The first-order chi connectivity index (χ1) is 9.15. The van der Waals surface area contributed by atoms with Gasteiger partial charge < -0.3 is 11.1 Å². The topological polar surface area (TPSA) is 55.1 Å². The largest absolute Gasteiger partial charge is 0.355 e. The van der Waals surface area contributed by atoms with Crippen LogP contribution in [0.15, 0.2) is 29.2 Å². The van der Waals surface area contributed by atoms with Crippen molar-refractivity contribution in [3.8, 4) is 0 Å². The number of carbonyl (C=O) groups is 1. The first-order valence-electron chi connectivity index (χ1n) is 6.56. The summed E-state index contributed by atoms with van der Waals surface area (Å²) in [6.07, 6.45) is 2.84. The van der Waals surface area contributed by atoms with Crippen LogP contribution in [-0.4, -0.2) is 24.2 Å². The van der Waals surface area contributed by atoms with E-state index in [-0.39, 0.29) is 17.8 Å². The van der Waals surface area contributed by atoms with Crippen LogP contribution < -0.4 is 11.1 Å². The summed E-state index contributed by atoms with van der Waals surface area (Å²) in [6.45, 7) is 0.574. The SMILES string of the molecule is NC(CNC(=O)CCSc1ccc(F)cc1)C1CC1. The molecule has 1 aromatic carbocycles. The van der Waals surface area contributed by atoms with Crippen molar-refractivity contribution in [2.75, 3.05) is 12.3 Å². The Hall–Kier alpha value is -1.07. The Morgan fingerprint density at radius 3 is 2.74 bits per heavy atom. The smallest absolute Gasteiger partial charge is 0.220 e. The van der Waals surface area contributed by atoms with E-state index in [2.05, 4.69) is 5.32 Å². The Bertz CT molecular complexity index is 420. The van der Waals surface area contributed by atoms with Crippen LogP contribution in [0.3, 0.4) is 0 Å². The zero-order chi connectivity index (χ0) is 13.7. The molecule has 2 rings (SSSR count). The number of benzene rings is 1. The highest BCUT2D eigenvalue weighted by Crippen LogP contribution is 2.31. The van der Waals surface area contributed by atoms with Gasteiger partial charge in [-0.15, -0.1) is 11.8 Å². The fourth-order valence-corrected chi connectivity index (χ4v) is 2.66. The van der Waals surface area contributed by atoms with Gasteiger partial charge in [0.1, 0.15) is 5.82 Å². The minimum absolute atomic E-state index is 0.0331. The molecule has 0 saturated heterocycles. The summed E-state index contributed by atoms with van der Waals surface area (Å²) >= 11 is 1.55. The number of nitrogens with two attached hydrogens (primary N) is 1. The third-order valence-corrected chi connectivity index (χ3v) is 4.19. The average molecular weight is 282 g/mol. The molecule has 0 aliphatic heterocycles. The van der Waals surface area contributed by atoms with E-state index in [1.165, 1.54) is 25.0 Å². The number of thioether (sulfide) groups is 1. The number of nitrogens with one attached hydrogen (secondary N) is 1. The Morgan fingerprint density at radius 2 is 2.11 bits per heavy atom. The first-order valence-corrected chi connectivity index (χ1v) is 7.54. The third kappa shape index (κ3) is 5.20. The van der Waals surface area contributed by atoms with Crippen LogP contribution in [-0.2, 0) is 4.79 Å². The number of carbonyl (C=O) groups excluding carboxylic acids is 1. The van der Waals surface area contributed by atoms with Gasteiger partial charge in [-0.05, 0) is 43.0 Å². The molecule has 5 heteroatoms. The Balaban J connectivity index is 1.59. The molecule has 0 spiro atoms. The van der Waals surface area contributed by atoms with Gasteiger partial charge in [0.15, 0.2) is 0 Å². The maximum absolute atomic E-state index is 12.7. The molecule has 1 fully saturated rings. The molecule has 0 bridgehead atoms. The lowest BCUT2D eigenvalue weighted by Gasteiger charge is -2.11. The first kappa shape index (κ1) is 14.3. The van der Waals surface area contributed by atoms with Crippen LogP contribution in [0.4, 0.5) is 4.39 Å². The Kier molecular flexibility index (Phi) is 5.22. The number of hydrogen-bond donors (Lipinski definition) is 2. The highest BCUT2D eigenvalue weighted by atomic mass is 32.2. The average Bonchev–Trinajstić information content (AvgIpc) is 3.23. The maximum Gasteiger partial charge on any atom is 0.220 e. The van der Waals surface area contributed by atoms with Crippen LogP contribution in [0.5, 0.6) is 0 Å². The molecular weight excluding hydrogens is 263 g/mol. The quantitative estimate of drug-likeness (QED) is 0.754. The van der Waals surface area contributed by atoms with Crippen LogP contribution in [0, 0.1) is 11.7 Å². The molecule has 0 radical (unpaired) electrons. The number of amides is 1. The molecule has 104 valence electrons. The predicted molar refractivity (Wildman–Crippen MR) is 75.5 cm³/mol. The van der Waals surface area contributed by atoms with Gasteiger partial charge in [-0.25, -0.2) is 4.39 Å². The van der Waals surface area contributed by atoms with E-state index in [9.17, 15) is 9.18 Å². The summed E-state index contributed by atoms with van der Waals surface area (Å²) in [5, 5.41) is 2.86. The van der Waals surface area contributed by atoms with Gasteiger partial charge in [-0.2, -0.15) is 0 Å². The van der Waals surface area contributed by atoms with Gasteiger partial charge in [-0.3, -0.25) is 4.79 Å². The second-order valence-electron chi connectivity index (χ2n) is 4.86.